The Hall–Kier alpha value is -2.34. The minimum atomic E-state index is -1.50. The van der Waals surface area contributed by atoms with Gasteiger partial charge in [-0.25, -0.2) is 4.79 Å². The number of hydrogen-bond acceptors (Lipinski definition) is 7. The lowest BCUT2D eigenvalue weighted by Crippen LogP contribution is -2.70. The molecule has 2 aliphatic rings. The molecule has 2 amide bonds. The van der Waals surface area contributed by atoms with E-state index >= 15 is 0 Å². The second kappa shape index (κ2) is 8.13. The fourth-order valence-corrected chi connectivity index (χ4v) is 5.97. The Balaban J connectivity index is 1.68. The first-order chi connectivity index (χ1) is 12.9. The van der Waals surface area contributed by atoms with Crippen molar-refractivity contribution in [2.24, 2.45) is 5.11 Å². The van der Waals surface area contributed by atoms with Crippen LogP contribution in [0.25, 0.3) is 10.4 Å². The zero-order valence-electron chi connectivity index (χ0n) is 13.6. The molecule has 2 unspecified atom stereocenters. The number of β-lactam (4-membered cyclic amide) rings is 1. The molecule has 10 nitrogen and oxygen atoms in total. The Bertz CT molecular complexity index is 893. The molecule has 0 aliphatic carbocycles. The van der Waals surface area contributed by atoms with E-state index in [-0.39, 0.29) is 23.7 Å². The predicted octanol–water partition coefficient (Wildman–Crippen LogP) is 0.905. The number of amides is 2. The van der Waals surface area contributed by atoms with Gasteiger partial charge in [0.25, 0.3) is 5.91 Å². The van der Waals surface area contributed by atoms with Gasteiger partial charge in [0.2, 0.25) is 5.91 Å². The van der Waals surface area contributed by atoms with Crippen LogP contribution in [-0.4, -0.2) is 61.5 Å². The van der Waals surface area contributed by atoms with Crippen molar-refractivity contribution in [3.63, 3.8) is 0 Å². The van der Waals surface area contributed by atoms with Gasteiger partial charge in [0, 0.05) is 10.7 Å². The second-order valence-electron chi connectivity index (χ2n) is 5.52. The highest BCUT2D eigenvalue weighted by molar-refractivity contribution is 8.00. The van der Waals surface area contributed by atoms with Crippen LogP contribution in [0.1, 0.15) is 0 Å². The fraction of sp³-hybridized carbons (Fsp3) is 0.357. The van der Waals surface area contributed by atoms with E-state index in [1.165, 1.54) is 23.1 Å². The lowest BCUT2D eigenvalue weighted by molar-refractivity contribution is -0.150. The van der Waals surface area contributed by atoms with E-state index in [0.717, 1.165) is 4.90 Å². The molecule has 0 radical (unpaired) electrons. The maximum Gasteiger partial charge on any atom is 0.352 e. The summed E-state index contributed by atoms with van der Waals surface area (Å²) in [4.78, 5) is 39.8. The van der Waals surface area contributed by atoms with Crippen LogP contribution in [0.3, 0.4) is 0 Å². The molecule has 0 aromatic carbocycles. The molecule has 2 aliphatic heterocycles. The number of nitrogens with one attached hydrogen (secondary N) is 1. The molecular formula is C14H13N5O5S3. The van der Waals surface area contributed by atoms with Gasteiger partial charge in [-0.2, -0.15) is 0 Å². The van der Waals surface area contributed by atoms with Crippen molar-refractivity contribution in [1.29, 1.82) is 0 Å². The number of aliphatic carboxylic acids is 1. The molecule has 142 valence electrons. The summed E-state index contributed by atoms with van der Waals surface area (Å²) >= 11 is 2.55. The van der Waals surface area contributed by atoms with Crippen LogP contribution in [0.2, 0.25) is 0 Å². The number of carbonyl (C=O) groups excluding carboxylic acids is 2. The summed E-state index contributed by atoms with van der Waals surface area (Å²) in [5.41, 5.74) is 8.56. The standard InChI is InChI=1S/C14H13N5O5S3/c15-18-16-4-7-5-26-13-10(12(21)19(13)11(7)14(22)23)17-8(20)6-27(24)9-2-1-3-25-9/h1-3,10,13H,4-6H2,(H,17,20)(H,22,23)/t10?,13-,27?/m1/s1. The molecule has 27 heavy (non-hydrogen) atoms. The third kappa shape index (κ3) is 3.86. The quantitative estimate of drug-likeness (QED) is 0.285. The lowest BCUT2D eigenvalue weighted by Gasteiger charge is -2.49. The molecule has 1 fully saturated rings. The van der Waals surface area contributed by atoms with Crippen LogP contribution in [0.4, 0.5) is 0 Å². The van der Waals surface area contributed by atoms with Crippen molar-refractivity contribution in [2.45, 2.75) is 15.6 Å². The van der Waals surface area contributed by atoms with E-state index in [1.54, 1.807) is 17.5 Å². The van der Waals surface area contributed by atoms with E-state index in [4.69, 9.17) is 5.53 Å². The summed E-state index contributed by atoms with van der Waals surface area (Å²) < 4.78 is 12.7. The van der Waals surface area contributed by atoms with Crippen LogP contribution in [0.5, 0.6) is 0 Å². The van der Waals surface area contributed by atoms with Gasteiger partial charge in [0.05, 0.1) is 21.6 Å². The van der Waals surface area contributed by atoms with Crippen molar-refractivity contribution in [2.75, 3.05) is 18.1 Å². The minimum Gasteiger partial charge on any atom is -0.477 e. The Kier molecular flexibility index (Phi) is 5.85. The first-order valence-electron chi connectivity index (χ1n) is 7.56. The number of fused-ring (bicyclic) bond motifs is 1. The van der Waals surface area contributed by atoms with Gasteiger partial charge < -0.3 is 10.4 Å². The Morgan fingerprint density at radius 3 is 2.93 bits per heavy atom. The largest absolute Gasteiger partial charge is 0.477 e. The smallest absolute Gasteiger partial charge is 0.352 e. The highest BCUT2D eigenvalue weighted by Crippen LogP contribution is 2.40. The first kappa shape index (κ1) is 19.4. The van der Waals surface area contributed by atoms with Gasteiger partial charge in [-0.3, -0.25) is 18.7 Å². The molecule has 13 heteroatoms. The number of carboxylic acids is 1. The van der Waals surface area contributed by atoms with Gasteiger partial charge >= 0.3 is 5.97 Å². The summed E-state index contributed by atoms with van der Waals surface area (Å²) in [7, 11) is -1.50. The maximum atomic E-state index is 12.4. The van der Waals surface area contributed by atoms with Gasteiger partial charge in [-0.05, 0) is 22.6 Å². The van der Waals surface area contributed by atoms with Crippen LogP contribution >= 0.6 is 23.1 Å². The second-order valence-corrected chi connectivity index (χ2v) is 9.25. The van der Waals surface area contributed by atoms with Crippen LogP contribution in [0.15, 0.2) is 38.1 Å². The molecule has 0 saturated carbocycles. The number of carboxylic acid groups (broad SMARTS) is 1. The van der Waals surface area contributed by atoms with Gasteiger partial charge in [0.1, 0.15) is 22.9 Å². The summed E-state index contributed by atoms with van der Waals surface area (Å²) in [5, 5.41) is 16.5. The molecule has 1 saturated heterocycles. The molecule has 3 heterocycles. The maximum absolute atomic E-state index is 12.4. The molecule has 3 atom stereocenters. The van der Waals surface area contributed by atoms with E-state index in [2.05, 4.69) is 15.3 Å². The minimum absolute atomic E-state index is 0.140. The van der Waals surface area contributed by atoms with Gasteiger partial charge in [-0.15, -0.1) is 23.1 Å². The van der Waals surface area contributed by atoms with Gasteiger partial charge in [-0.1, -0.05) is 11.2 Å². The monoisotopic (exact) mass is 427 g/mol. The highest BCUT2D eigenvalue weighted by Gasteiger charge is 2.54. The zero-order chi connectivity index (χ0) is 19.6. The Morgan fingerprint density at radius 2 is 2.30 bits per heavy atom. The fourth-order valence-electron chi connectivity index (χ4n) is 2.72. The van der Waals surface area contributed by atoms with Crippen molar-refractivity contribution in [3.05, 3.63) is 39.2 Å². The lowest BCUT2D eigenvalue weighted by atomic mass is 10.0. The van der Waals surface area contributed by atoms with Crippen molar-refractivity contribution >= 4 is 51.7 Å². The van der Waals surface area contributed by atoms with E-state index in [1.807, 2.05) is 0 Å². The Morgan fingerprint density at radius 1 is 1.52 bits per heavy atom. The Labute approximate surface area is 163 Å². The molecule has 1 aromatic rings. The average Bonchev–Trinajstić information content (AvgIpc) is 3.18. The number of thioether (sulfide) groups is 1. The van der Waals surface area contributed by atoms with Crippen LogP contribution in [-0.2, 0) is 25.2 Å². The number of hydrogen-bond donors (Lipinski definition) is 2. The number of thiophene rings is 1. The number of azide groups is 1. The topological polar surface area (TPSA) is 153 Å². The number of rotatable bonds is 7. The SMILES string of the molecule is [N-]=[N+]=NCC1=C(C(=O)O)N2C(=O)C(NC(=O)CS(=O)c3cccs3)[C@H]2SC1. The number of nitrogens with zero attached hydrogens (tertiary/aromatic N) is 4. The molecule has 0 bridgehead atoms. The number of carbonyl (C=O) groups is 3. The van der Waals surface area contributed by atoms with Gasteiger partial charge in [0.15, 0.2) is 0 Å². The molecule has 1 aromatic heterocycles. The summed E-state index contributed by atoms with van der Waals surface area (Å²) in [6.45, 7) is -0.140. The highest BCUT2D eigenvalue weighted by atomic mass is 32.2. The van der Waals surface area contributed by atoms with Crippen molar-refractivity contribution in [1.82, 2.24) is 10.2 Å². The average molecular weight is 427 g/mol. The predicted molar refractivity (Wildman–Crippen MR) is 99.3 cm³/mol. The van der Waals surface area contributed by atoms with E-state index < -0.39 is 40.0 Å². The zero-order valence-corrected chi connectivity index (χ0v) is 16.1. The van der Waals surface area contributed by atoms with Crippen molar-refractivity contribution < 1.29 is 23.7 Å². The summed E-state index contributed by atoms with van der Waals surface area (Å²) in [6, 6.07) is 2.52. The third-order valence-corrected chi connectivity index (χ3v) is 7.83. The van der Waals surface area contributed by atoms with Crippen LogP contribution in [0, 0.1) is 0 Å². The molecule has 0 spiro atoms. The molecule has 2 N–H and O–H groups in total. The first-order valence-corrected chi connectivity index (χ1v) is 10.8. The third-order valence-electron chi connectivity index (χ3n) is 3.87. The summed E-state index contributed by atoms with van der Waals surface area (Å²) in [5.74, 6) is -2.40. The normalized spacial score (nSPS) is 22.4. The van der Waals surface area contributed by atoms with E-state index in [0.29, 0.717) is 9.78 Å². The summed E-state index contributed by atoms with van der Waals surface area (Å²) in [6.07, 6.45) is 0. The van der Waals surface area contributed by atoms with Crippen molar-refractivity contribution in [3.8, 4) is 0 Å². The molecular weight excluding hydrogens is 414 g/mol. The molecule has 3 rings (SSSR count). The van der Waals surface area contributed by atoms with E-state index in [9.17, 15) is 23.7 Å². The van der Waals surface area contributed by atoms with Crippen LogP contribution < -0.4 is 5.32 Å².